The molecule has 0 rings (SSSR count). The van der Waals surface area contributed by atoms with Crippen LogP contribution in [0.5, 0.6) is 0 Å². The van der Waals surface area contributed by atoms with Crippen LogP contribution in [0.2, 0.25) is 0 Å². The van der Waals surface area contributed by atoms with Crippen molar-refractivity contribution in [1.29, 1.82) is 0 Å². The molecule has 0 heterocycles. The Morgan fingerprint density at radius 1 is 0.591 bits per heavy atom. The lowest BCUT2D eigenvalue weighted by Crippen LogP contribution is -2.25. The van der Waals surface area contributed by atoms with Crippen molar-refractivity contribution in [1.82, 2.24) is 10.6 Å². The molecule has 0 aromatic carbocycles. The van der Waals surface area contributed by atoms with Gasteiger partial charge in [0.2, 0.25) is 11.8 Å². The number of nitrogens with two attached hydrogens (primary N) is 2. The molecule has 0 fully saturated rings. The highest BCUT2D eigenvalue weighted by atomic mass is 16.2. The molecule has 6 N–H and O–H groups in total. The molecule has 0 spiro atoms. The molecule has 2 amide bonds. The molecule has 22 heavy (non-hydrogen) atoms. The first kappa shape index (κ1) is 20.9. The maximum Gasteiger partial charge on any atom is 0.220 e. The van der Waals surface area contributed by atoms with Gasteiger partial charge >= 0.3 is 0 Å². The number of hydrogen-bond donors (Lipinski definition) is 4. The molecule has 0 aliphatic heterocycles. The van der Waals surface area contributed by atoms with Crippen LogP contribution in [-0.4, -0.2) is 38.0 Å². The van der Waals surface area contributed by atoms with Crippen molar-refractivity contribution in [2.75, 3.05) is 26.2 Å². The molecule has 0 bridgehead atoms. The molecule has 0 atom stereocenters. The summed E-state index contributed by atoms with van der Waals surface area (Å²) in [6.45, 7) is 2.67. The van der Waals surface area contributed by atoms with E-state index in [1.807, 2.05) is 0 Å². The number of rotatable bonds is 15. The van der Waals surface area contributed by atoms with Gasteiger partial charge in [0.1, 0.15) is 0 Å². The number of amides is 2. The predicted octanol–water partition coefficient (Wildman–Crippen LogP) is 1.04. The number of carbonyl (C=O) groups excluding carboxylic acids is 2. The SMILES string of the molecule is NCCCC(=O)NCCCCCCCCNC(=O)CCCN. The quantitative estimate of drug-likeness (QED) is 0.338. The Kier molecular flexibility index (Phi) is 15.4. The van der Waals surface area contributed by atoms with Gasteiger partial charge in [-0.2, -0.15) is 0 Å². The Bertz CT molecular complexity index is 257. The summed E-state index contributed by atoms with van der Waals surface area (Å²) in [4.78, 5) is 22.6. The molecule has 0 aliphatic carbocycles. The van der Waals surface area contributed by atoms with Crippen LogP contribution in [0.4, 0.5) is 0 Å². The highest BCUT2D eigenvalue weighted by Gasteiger charge is 2.00. The van der Waals surface area contributed by atoms with Crippen LogP contribution < -0.4 is 22.1 Å². The monoisotopic (exact) mass is 314 g/mol. The van der Waals surface area contributed by atoms with Gasteiger partial charge in [-0.15, -0.1) is 0 Å². The van der Waals surface area contributed by atoms with Crippen LogP contribution in [0.1, 0.15) is 64.2 Å². The minimum Gasteiger partial charge on any atom is -0.356 e. The second-order valence-electron chi connectivity index (χ2n) is 5.61. The third-order valence-corrected chi connectivity index (χ3v) is 3.46. The van der Waals surface area contributed by atoms with Crippen LogP contribution >= 0.6 is 0 Å². The third-order valence-electron chi connectivity index (χ3n) is 3.46. The highest BCUT2D eigenvalue weighted by Crippen LogP contribution is 2.04. The Morgan fingerprint density at radius 2 is 0.955 bits per heavy atom. The average Bonchev–Trinajstić information content (AvgIpc) is 2.52. The molecular weight excluding hydrogens is 280 g/mol. The second-order valence-corrected chi connectivity index (χ2v) is 5.61. The standard InChI is InChI=1S/C16H34N4O2/c17-11-7-9-15(21)19-13-5-3-1-2-4-6-14-20-16(22)10-8-12-18/h1-14,17-18H2,(H,19,21)(H,20,22). The highest BCUT2D eigenvalue weighted by molar-refractivity contribution is 5.76. The lowest BCUT2D eigenvalue weighted by Gasteiger charge is -2.06. The Labute approximate surface area is 134 Å². The number of unbranched alkanes of at least 4 members (excludes halogenated alkanes) is 5. The first-order valence-corrected chi connectivity index (χ1v) is 8.64. The fourth-order valence-corrected chi connectivity index (χ4v) is 2.11. The zero-order valence-electron chi connectivity index (χ0n) is 13.9. The van der Waals surface area contributed by atoms with Gasteiger partial charge < -0.3 is 22.1 Å². The van der Waals surface area contributed by atoms with E-state index in [9.17, 15) is 9.59 Å². The van der Waals surface area contributed by atoms with Crippen LogP contribution in [0.15, 0.2) is 0 Å². The summed E-state index contributed by atoms with van der Waals surface area (Å²) in [5.41, 5.74) is 10.7. The van der Waals surface area contributed by atoms with Crippen molar-refractivity contribution >= 4 is 11.8 Å². The number of hydrogen-bond acceptors (Lipinski definition) is 4. The van der Waals surface area contributed by atoms with Gasteiger partial charge in [0.25, 0.3) is 0 Å². The minimum atomic E-state index is 0.107. The summed E-state index contributed by atoms with van der Waals surface area (Å²) in [6.07, 6.45) is 9.29. The summed E-state index contributed by atoms with van der Waals surface area (Å²) in [5.74, 6) is 0.214. The molecule has 0 aromatic rings. The predicted molar refractivity (Wildman–Crippen MR) is 90.3 cm³/mol. The molecule has 0 radical (unpaired) electrons. The van der Waals surface area contributed by atoms with Crippen molar-refractivity contribution < 1.29 is 9.59 Å². The number of nitrogens with one attached hydrogen (secondary N) is 2. The summed E-state index contributed by atoms with van der Waals surface area (Å²) < 4.78 is 0. The fraction of sp³-hybridized carbons (Fsp3) is 0.875. The van der Waals surface area contributed by atoms with E-state index in [0.29, 0.717) is 25.9 Å². The Balaban J connectivity index is 3.17. The van der Waals surface area contributed by atoms with Crippen LogP contribution in [0, 0.1) is 0 Å². The van der Waals surface area contributed by atoms with Gasteiger partial charge in [-0.05, 0) is 38.8 Å². The van der Waals surface area contributed by atoms with E-state index in [0.717, 1.165) is 51.6 Å². The third kappa shape index (κ3) is 15.3. The maximum absolute atomic E-state index is 11.3. The summed E-state index contributed by atoms with van der Waals surface area (Å²) in [6, 6.07) is 0. The average molecular weight is 314 g/mol. The summed E-state index contributed by atoms with van der Waals surface area (Å²) in [7, 11) is 0. The van der Waals surface area contributed by atoms with Gasteiger partial charge in [0.15, 0.2) is 0 Å². The maximum atomic E-state index is 11.3. The molecular formula is C16H34N4O2. The molecule has 0 aromatic heterocycles. The van der Waals surface area contributed by atoms with E-state index in [4.69, 9.17) is 11.5 Å². The smallest absolute Gasteiger partial charge is 0.220 e. The van der Waals surface area contributed by atoms with Gasteiger partial charge in [0, 0.05) is 25.9 Å². The largest absolute Gasteiger partial charge is 0.356 e. The molecule has 6 nitrogen and oxygen atoms in total. The van der Waals surface area contributed by atoms with E-state index in [2.05, 4.69) is 10.6 Å². The lowest BCUT2D eigenvalue weighted by molar-refractivity contribution is -0.122. The second kappa shape index (κ2) is 16.2. The topological polar surface area (TPSA) is 110 Å². The molecule has 6 heteroatoms. The molecule has 130 valence electrons. The zero-order chi connectivity index (χ0) is 16.5. The Morgan fingerprint density at radius 3 is 1.32 bits per heavy atom. The van der Waals surface area contributed by atoms with Crippen molar-refractivity contribution in [2.45, 2.75) is 64.2 Å². The van der Waals surface area contributed by atoms with Crippen LogP contribution in [0.3, 0.4) is 0 Å². The lowest BCUT2D eigenvalue weighted by atomic mass is 10.1. The Hall–Kier alpha value is -1.14. The van der Waals surface area contributed by atoms with E-state index in [1.165, 1.54) is 12.8 Å². The summed E-state index contributed by atoms with van der Waals surface area (Å²) >= 11 is 0. The fourth-order valence-electron chi connectivity index (χ4n) is 2.11. The first-order chi connectivity index (χ1) is 10.7. The van der Waals surface area contributed by atoms with E-state index < -0.39 is 0 Å². The molecule has 0 saturated heterocycles. The zero-order valence-corrected chi connectivity index (χ0v) is 13.9. The van der Waals surface area contributed by atoms with E-state index in [1.54, 1.807) is 0 Å². The first-order valence-electron chi connectivity index (χ1n) is 8.64. The van der Waals surface area contributed by atoms with Crippen molar-refractivity contribution in [3.05, 3.63) is 0 Å². The van der Waals surface area contributed by atoms with Gasteiger partial charge in [0.05, 0.1) is 0 Å². The van der Waals surface area contributed by atoms with Gasteiger partial charge in [-0.1, -0.05) is 25.7 Å². The van der Waals surface area contributed by atoms with Crippen LogP contribution in [0.25, 0.3) is 0 Å². The molecule has 0 saturated carbocycles. The summed E-state index contributed by atoms with van der Waals surface area (Å²) in [5, 5.41) is 5.81. The normalized spacial score (nSPS) is 10.5. The van der Waals surface area contributed by atoms with Crippen molar-refractivity contribution in [2.24, 2.45) is 11.5 Å². The van der Waals surface area contributed by atoms with Gasteiger partial charge in [-0.25, -0.2) is 0 Å². The van der Waals surface area contributed by atoms with Crippen molar-refractivity contribution in [3.8, 4) is 0 Å². The molecule has 0 aliphatic rings. The minimum absolute atomic E-state index is 0.107. The van der Waals surface area contributed by atoms with Crippen molar-refractivity contribution in [3.63, 3.8) is 0 Å². The van der Waals surface area contributed by atoms with Gasteiger partial charge in [-0.3, -0.25) is 9.59 Å². The number of carbonyl (C=O) groups is 2. The van der Waals surface area contributed by atoms with E-state index in [-0.39, 0.29) is 11.8 Å². The van der Waals surface area contributed by atoms with Crippen LogP contribution in [-0.2, 0) is 9.59 Å². The molecule has 0 unspecified atom stereocenters. The van der Waals surface area contributed by atoms with E-state index >= 15 is 0 Å².